The lowest BCUT2D eigenvalue weighted by atomic mass is 10.0. The molecule has 3 rings (SSSR count). The summed E-state index contributed by atoms with van der Waals surface area (Å²) < 4.78 is 1.41. The molecule has 7 heteroatoms. The maximum atomic E-state index is 12.7. The maximum absolute atomic E-state index is 12.7. The van der Waals surface area contributed by atoms with Gasteiger partial charge in [-0.25, -0.2) is 0 Å². The van der Waals surface area contributed by atoms with Crippen LogP contribution in [0.5, 0.6) is 0 Å². The van der Waals surface area contributed by atoms with Crippen LogP contribution in [0.4, 0.5) is 5.69 Å². The molecule has 25 heavy (non-hydrogen) atoms. The number of ketones is 1. The van der Waals surface area contributed by atoms with E-state index in [0.29, 0.717) is 26.9 Å². The second kappa shape index (κ2) is 7.51. The van der Waals surface area contributed by atoms with Gasteiger partial charge < -0.3 is 5.32 Å². The lowest BCUT2D eigenvalue weighted by Gasteiger charge is -2.11. The van der Waals surface area contributed by atoms with Crippen LogP contribution in [0, 0.1) is 0 Å². The monoisotopic (exact) mass is 373 g/mol. The van der Waals surface area contributed by atoms with Gasteiger partial charge in [-0.2, -0.15) is 5.10 Å². The van der Waals surface area contributed by atoms with E-state index in [-0.39, 0.29) is 18.2 Å². The van der Waals surface area contributed by atoms with Crippen LogP contribution in [0.2, 0.25) is 10.0 Å². The van der Waals surface area contributed by atoms with Gasteiger partial charge in [0.15, 0.2) is 5.78 Å². The number of rotatable bonds is 5. The first-order valence-corrected chi connectivity index (χ1v) is 8.15. The van der Waals surface area contributed by atoms with Crippen molar-refractivity contribution in [3.05, 3.63) is 82.1 Å². The number of aromatic nitrogens is 2. The molecule has 0 saturated heterocycles. The fourth-order valence-electron chi connectivity index (χ4n) is 2.32. The largest absolute Gasteiger partial charge is 0.324 e. The molecule has 1 amide bonds. The number of hydrogen-bond donors (Lipinski definition) is 1. The van der Waals surface area contributed by atoms with Gasteiger partial charge in [0.2, 0.25) is 5.91 Å². The number of nitrogens with zero attached hydrogens (tertiary/aromatic N) is 2. The van der Waals surface area contributed by atoms with Gasteiger partial charge in [-0.15, -0.1) is 0 Å². The van der Waals surface area contributed by atoms with Crippen LogP contribution >= 0.6 is 23.2 Å². The molecular weight excluding hydrogens is 361 g/mol. The first kappa shape index (κ1) is 17.2. The van der Waals surface area contributed by atoms with E-state index in [9.17, 15) is 9.59 Å². The van der Waals surface area contributed by atoms with Crippen LogP contribution in [0.1, 0.15) is 15.9 Å². The van der Waals surface area contributed by atoms with Crippen LogP contribution in [0.3, 0.4) is 0 Å². The van der Waals surface area contributed by atoms with Gasteiger partial charge in [0.05, 0.1) is 16.9 Å². The molecule has 0 unspecified atom stereocenters. The number of halogens is 2. The van der Waals surface area contributed by atoms with Crippen LogP contribution in [0.15, 0.2) is 60.9 Å². The fourth-order valence-corrected chi connectivity index (χ4v) is 2.65. The molecule has 2 aromatic carbocycles. The van der Waals surface area contributed by atoms with Crippen molar-refractivity contribution in [2.75, 3.05) is 5.32 Å². The predicted molar refractivity (Wildman–Crippen MR) is 97.2 cm³/mol. The molecule has 0 aliphatic rings. The summed E-state index contributed by atoms with van der Waals surface area (Å²) in [6.07, 6.45) is 2.99. The van der Waals surface area contributed by atoms with E-state index < -0.39 is 0 Å². The summed E-state index contributed by atoms with van der Waals surface area (Å²) in [5.41, 5.74) is 1.23. The molecule has 1 heterocycles. The highest BCUT2D eigenvalue weighted by Gasteiger charge is 2.16. The minimum Gasteiger partial charge on any atom is -0.324 e. The Hall–Kier alpha value is -2.63. The number of hydrogen-bond acceptors (Lipinski definition) is 3. The van der Waals surface area contributed by atoms with Gasteiger partial charge in [-0.05, 0) is 18.2 Å². The third-order valence-electron chi connectivity index (χ3n) is 3.44. The summed E-state index contributed by atoms with van der Waals surface area (Å²) in [7, 11) is 0. The zero-order valence-corrected chi connectivity index (χ0v) is 14.5. The zero-order valence-electron chi connectivity index (χ0n) is 12.9. The summed E-state index contributed by atoms with van der Waals surface area (Å²) in [6.45, 7) is -0.0195. The quantitative estimate of drug-likeness (QED) is 0.685. The second-order valence-electron chi connectivity index (χ2n) is 5.29. The molecule has 0 saturated carbocycles. The first-order valence-electron chi connectivity index (χ1n) is 7.40. The van der Waals surface area contributed by atoms with Gasteiger partial charge in [0.1, 0.15) is 6.54 Å². The topological polar surface area (TPSA) is 64.0 Å². The number of anilines is 1. The van der Waals surface area contributed by atoms with Crippen LogP contribution in [0.25, 0.3) is 0 Å². The van der Waals surface area contributed by atoms with E-state index in [4.69, 9.17) is 23.2 Å². The summed E-state index contributed by atoms with van der Waals surface area (Å²) >= 11 is 11.8. The molecule has 1 aromatic heterocycles. The highest BCUT2D eigenvalue weighted by Crippen LogP contribution is 2.24. The van der Waals surface area contributed by atoms with Crippen molar-refractivity contribution in [1.82, 2.24) is 9.78 Å². The van der Waals surface area contributed by atoms with E-state index >= 15 is 0 Å². The Bertz CT molecular complexity index is 923. The molecule has 0 aliphatic carbocycles. The van der Waals surface area contributed by atoms with Gasteiger partial charge >= 0.3 is 0 Å². The van der Waals surface area contributed by atoms with Crippen molar-refractivity contribution in [3.8, 4) is 0 Å². The third kappa shape index (κ3) is 4.26. The molecule has 0 atom stereocenters. The minimum absolute atomic E-state index is 0.0195. The molecule has 0 bridgehead atoms. The molecule has 126 valence electrons. The highest BCUT2D eigenvalue weighted by atomic mass is 35.5. The molecule has 5 nitrogen and oxygen atoms in total. The number of benzene rings is 2. The first-order chi connectivity index (χ1) is 12.0. The average molecular weight is 374 g/mol. The van der Waals surface area contributed by atoms with E-state index in [1.54, 1.807) is 42.6 Å². The minimum atomic E-state index is -0.329. The van der Waals surface area contributed by atoms with Gasteiger partial charge in [-0.3, -0.25) is 14.3 Å². The molecular formula is C18H13Cl2N3O2. The Labute approximate surface area is 154 Å². The fraction of sp³-hybridized carbons (Fsp3) is 0.0556. The van der Waals surface area contributed by atoms with Gasteiger partial charge in [0.25, 0.3) is 0 Å². The predicted octanol–water partition coefficient (Wildman–Crippen LogP) is 4.06. The van der Waals surface area contributed by atoms with Crippen molar-refractivity contribution < 1.29 is 9.59 Å². The molecule has 0 aliphatic heterocycles. The highest BCUT2D eigenvalue weighted by molar-refractivity contribution is 6.31. The molecule has 0 fully saturated rings. The number of amides is 1. The van der Waals surface area contributed by atoms with Crippen molar-refractivity contribution in [2.24, 2.45) is 0 Å². The SMILES string of the molecule is O=C(Cn1cc(Cl)cn1)Nc1ccc(Cl)cc1C(=O)c1ccccc1. The second-order valence-corrected chi connectivity index (χ2v) is 6.16. The van der Waals surface area contributed by atoms with Gasteiger partial charge in [-0.1, -0.05) is 53.5 Å². The van der Waals surface area contributed by atoms with E-state index in [1.807, 2.05) is 6.07 Å². The Kier molecular flexibility index (Phi) is 5.16. The van der Waals surface area contributed by atoms with E-state index in [1.165, 1.54) is 16.9 Å². The molecule has 3 aromatic rings. The third-order valence-corrected chi connectivity index (χ3v) is 3.87. The van der Waals surface area contributed by atoms with Crippen LogP contribution in [-0.4, -0.2) is 21.5 Å². The summed E-state index contributed by atoms with van der Waals surface area (Å²) in [4.78, 5) is 24.9. The standard InChI is InChI=1S/C18H13Cl2N3O2/c19-13-6-7-16(22-17(24)11-23-10-14(20)9-21-23)15(8-13)18(25)12-4-2-1-3-5-12/h1-10H,11H2,(H,22,24). The Morgan fingerprint density at radius 3 is 2.48 bits per heavy atom. The summed E-state index contributed by atoms with van der Waals surface area (Å²) in [5.74, 6) is -0.551. The number of carbonyl (C=O) groups excluding carboxylic acids is 2. The zero-order chi connectivity index (χ0) is 17.8. The van der Waals surface area contributed by atoms with Crippen molar-refractivity contribution in [3.63, 3.8) is 0 Å². The van der Waals surface area contributed by atoms with E-state index in [0.717, 1.165) is 0 Å². The maximum Gasteiger partial charge on any atom is 0.246 e. The Balaban J connectivity index is 1.84. The van der Waals surface area contributed by atoms with E-state index in [2.05, 4.69) is 10.4 Å². The summed E-state index contributed by atoms with van der Waals surface area (Å²) in [6, 6.07) is 13.6. The lowest BCUT2D eigenvalue weighted by molar-refractivity contribution is -0.116. The van der Waals surface area contributed by atoms with Crippen molar-refractivity contribution >= 4 is 40.6 Å². The molecule has 1 N–H and O–H groups in total. The van der Waals surface area contributed by atoms with Crippen LogP contribution < -0.4 is 5.32 Å². The summed E-state index contributed by atoms with van der Waals surface area (Å²) in [5, 5.41) is 7.53. The van der Waals surface area contributed by atoms with Crippen molar-refractivity contribution in [2.45, 2.75) is 6.54 Å². The number of nitrogens with one attached hydrogen (secondary N) is 1. The molecule has 0 radical (unpaired) electrons. The number of carbonyl (C=O) groups is 2. The molecule has 0 spiro atoms. The Morgan fingerprint density at radius 1 is 1.04 bits per heavy atom. The normalized spacial score (nSPS) is 10.5. The lowest BCUT2D eigenvalue weighted by Crippen LogP contribution is -2.20. The Morgan fingerprint density at radius 2 is 1.80 bits per heavy atom. The van der Waals surface area contributed by atoms with Crippen molar-refractivity contribution in [1.29, 1.82) is 0 Å². The smallest absolute Gasteiger partial charge is 0.246 e. The van der Waals surface area contributed by atoms with Gasteiger partial charge in [0, 0.05) is 22.3 Å². The van der Waals surface area contributed by atoms with Crippen LogP contribution in [-0.2, 0) is 11.3 Å². The average Bonchev–Trinajstić information content (AvgIpc) is 3.01.